The van der Waals surface area contributed by atoms with Crippen LogP contribution in [-0.2, 0) is 0 Å². The first-order chi connectivity index (χ1) is 8.11. The molecular weight excluding hydrogens is 238 g/mol. The van der Waals surface area contributed by atoms with Crippen LogP contribution in [0.15, 0.2) is 30.3 Å². The fraction of sp³-hybridized carbons (Fsp3) is 0.250. The lowest BCUT2D eigenvalue weighted by atomic mass is 10.1. The summed E-state index contributed by atoms with van der Waals surface area (Å²) < 4.78 is 1.56. The first kappa shape index (κ1) is 11.8. The second kappa shape index (κ2) is 4.67. The summed E-state index contributed by atoms with van der Waals surface area (Å²) in [7, 11) is 0. The van der Waals surface area contributed by atoms with Gasteiger partial charge in [0.1, 0.15) is 5.69 Å². The summed E-state index contributed by atoms with van der Waals surface area (Å²) in [5.41, 5.74) is 1.40. The van der Waals surface area contributed by atoms with Crippen LogP contribution in [0.3, 0.4) is 0 Å². The average Bonchev–Trinajstić information content (AvgIpc) is 2.71. The van der Waals surface area contributed by atoms with Crippen molar-refractivity contribution in [1.82, 2.24) is 15.0 Å². The van der Waals surface area contributed by atoms with Crippen LogP contribution < -0.4 is 0 Å². The Morgan fingerprint density at radius 1 is 1.35 bits per heavy atom. The standard InChI is InChI=1S/C12H12ClN3O/c1-8(10-6-4-3-5-7-10)16-11(9(2)17)12(13)14-15-16/h3-8H,1-2H3/t8-/m1/s1. The fourth-order valence-electron chi connectivity index (χ4n) is 1.72. The Bertz CT molecular complexity index is 536. The van der Waals surface area contributed by atoms with Crippen LogP contribution >= 0.6 is 11.6 Å². The minimum absolute atomic E-state index is 0.0740. The molecule has 0 radical (unpaired) electrons. The van der Waals surface area contributed by atoms with Crippen LogP contribution in [0.4, 0.5) is 0 Å². The zero-order chi connectivity index (χ0) is 12.4. The van der Waals surface area contributed by atoms with Gasteiger partial charge in [-0.2, -0.15) is 0 Å². The number of hydrogen-bond donors (Lipinski definition) is 0. The number of carbonyl (C=O) groups excluding carboxylic acids is 1. The minimum atomic E-state index is -0.136. The Labute approximate surface area is 104 Å². The minimum Gasteiger partial charge on any atom is -0.293 e. The van der Waals surface area contributed by atoms with Crippen LogP contribution in [0.25, 0.3) is 0 Å². The van der Waals surface area contributed by atoms with E-state index in [9.17, 15) is 4.79 Å². The van der Waals surface area contributed by atoms with Crippen molar-refractivity contribution >= 4 is 17.4 Å². The first-order valence-corrected chi connectivity index (χ1v) is 5.65. The van der Waals surface area contributed by atoms with Gasteiger partial charge >= 0.3 is 0 Å². The summed E-state index contributed by atoms with van der Waals surface area (Å²) >= 11 is 5.86. The number of hydrogen-bond acceptors (Lipinski definition) is 3. The summed E-state index contributed by atoms with van der Waals surface area (Å²) in [6.45, 7) is 3.41. The van der Waals surface area contributed by atoms with Gasteiger partial charge in [-0.25, -0.2) is 4.68 Å². The number of aromatic nitrogens is 3. The van der Waals surface area contributed by atoms with Crippen molar-refractivity contribution in [3.63, 3.8) is 0 Å². The van der Waals surface area contributed by atoms with Crippen molar-refractivity contribution in [3.8, 4) is 0 Å². The molecular formula is C12H12ClN3O. The lowest BCUT2D eigenvalue weighted by molar-refractivity contribution is 0.100. The number of benzene rings is 1. The summed E-state index contributed by atoms with van der Waals surface area (Å²) in [6, 6.07) is 9.70. The van der Waals surface area contributed by atoms with Crippen molar-refractivity contribution < 1.29 is 4.79 Å². The van der Waals surface area contributed by atoms with E-state index in [1.54, 1.807) is 4.68 Å². The number of ketones is 1. The highest BCUT2D eigenvalue weighted by Crippen LogP contribution is 2.22. The molecule has 0 spiro atoms. The molecule has 0 saturated heterocycles. The molecule has 1 atom stereocenters. The van der Waals surface area contributed by atoms with Gasteiger partial charge in [0, 0.05) is 6.92 Å². The van der Waals surface area contributed by atoms with E-state index < -0.39 is 0 Å². The van der Waals surface area contributed by atoms with E-state index in [0.717, 1.165) is 5.56 Å². The Morgan fingerprint density at radius 3 is 2.59 bits per heavy atom. The Balaban J connectivity index is 2.45. The highest BCUT2D eigenvalue weighted by molar-refractivity contribution is 6.32. The maximum absolute atomic E-state index is 11.5. The number of rotatable bonds is 3. The topological polar surface area (TPSA) is 47.8 Å². The predicted molar refractivity (Wildman–Crippen MR) is 65.3 cm³/mol. The molecule has 4 nitrogen and oxygen atoms in total. The smallest absolute Gasteiger partial charge is 0.182 e. The van der Waals surface area contributed by atoms with Gasteiger partial charge in [-0.1, -0.05) is 47.1 Å². The highest BCUT2D eigenvalue weighted by Gasteiger charge is 2.20. The number of halogens is 1. The first-order valence-electron chi connectivity index (χ1n) is 5.28. The van der Waals surface area contributed by atoms with Crippen LogP contribution in [0.1, 0.15) is 35.9 Å². The van der Waals surface area contributed by atoms with Crippen LogP contribution in [0.2, 0.25) is 5.15 Å². The predicted octanol–water partition coefficient (Wildman–Crippen LogP) is 2.74. The van der Waals surface area contributed by atoms with Crippen LogP contribution in [0, 0.1) is 0 Å². The van der Waals surface area contributed by atoms with Crippen molar-refractivity contribution in [1.29, 1.82) is 0 Å². The molecule has 17 heavy (non-hydrogen) atoms. The molecule has 0 aliphatic carbocycles. The Morgan fingerprint density at radius 2 is 2.00 bits per heavy atom. The van der Waals surface area contributed by atoms with E-state index in [1.807, 2.05) is 37.3 Å². The molecule has 1 aromatic carbocycles. The molecule has 0 saturated carbocycles. The van der Waals surface area contributed by atoms with Crippen molar-refractivity contribution in [2.45, 2.75) is 19.9 Å². The molecule has 1 heterocycles. The third kappa shape index (κ3) is 2.22. The number of nitrogens with zero attached hydrogens (tertiary/aromatic N) is 3. The molecule has 2 rings (SSSR count). The van der Waals surface area contributed by atoms with Gasteiger partial charge in [-0.05, 0) is 12.5 Å². The number of carbonyl (C=O) groups is 1. The van der Waals surface area contributed by atoms with Gasteiger partial charge in [0.2, 0.25) is 0 Å². The monoisotopic (exact) mass is 249 g/mol. The van der Waals surface area contributed by atoms with Gasteiger partial charge in [0.15, 0.2) is 10.9 Å². The lowest BCUT2D eigenvalue weighted by Gasteiger charge is -2.13. The quantitative estimate of drug-likeness (QED) is 0.786. The van der Waals surface area contributed by atoms with E-state index >= 15 is 0 Å². The largest absolute Gasteiger partial charge is 0.293 e. The van der Waals surface area contributed by atoms with Gasteiger partial charge < -0.3 is 0 Å². The summed E-state index contributed by atoms with van der Waals surface area (Å²) in [5.74, 6) is -0.136. The normalized spacial score (nSPS) is 12.4. The third-order valence-electron chi connectivity index (χ3n) is 2.64. The molecule has 5 heteroatoms. The van der Waals surface area contributed by atoms with Gasteiger partial charge in [0.25, 0.3) is 0 Å². The molecule has 0 aliphatic heterocycles. The highest BCUT2D eigenvalue weighted by atomic mass is 35.5. The summed E-state index contributed by atoms with van der Waals surface area (Å²) in [4.78, 5) is 11.5. The lowest BCUT2D eigenvalue weighted by Crippen LogP contribution is -2.14. The Kier molecular flexibility index (Phi) is 3.24. The van der Waals surface area contributed by atoms with Crippen LogP contribution in [0.5, 0.6) is 0 Å². The SMILES string of the molecule is CC(=O)c1c(Cl)nnn1[C@H](C)c1ccccc1. The van der Waals surface area contributed by atoms with E-state index in [4.69, 9.17) is 11.6 Å². The third-order valence-corrected chi connectivity index (χ3v) is 2.89. The van der Waals surface area contributed by atoms with Crippen LogP contribution in [-0.4, -0.2) is 20.8 Å². The van der Waals surface area contributed by atoms with Crippen molar-refractivity contribution in [2.75, 3.05) is 0 Å². The molecule has 0 unspecified atom stereocenters. The summed E-state index contributed by atoms with van der Waals surface area (Å²) in [6.07, 6.45) is 0. The second-order valence-electron chi connectivity index (χ2n) is 3.82. The molecule has 0 amide bonds. The molecule has 2 aromatic rings. The second-order valence-corrected chi connectivity index (χ2v) is 4.17. The van der Waals surface area contributed by atoms with Gasteiger partial charge in [-0.15, -0.1) is 5.10 Å². The van der Waals surface area contributed by atoms with E-state index in [0.29, 0.717) is 5.69 Å². The molecule has 0 N–H and O–H groups in total. The van der Waals surface area contributed by atoms with E-state index in [-0.39, 0.29) is 17.0 Å². The molecule has 0 bridgehead atoms. The van der Waals surface area contributed by atoms with E-state index in [2.05, 4.69) is 10.3 Å². The molecule has 0 aliphatic rings. The average molecular weight is 250 g/mol. The summed E-state index contributed by atoms with van der Waals surface area (Å²) in [5, 5.41) is 7.82. The van der Waals surface area contributed by atoms with Crippen molar-refractivity contribution in [3.05, 3.63) is 46.7 Å². The fourth-order valence-corrected chi connectivity index (χ4v) is 1.98. The zero-order valence-corrected chi connectivity index (χ0v) is 10.3. The maximum Gasteiger partial charge on any atom is 0.182 e. The van der Waals surface area contributed by atoms with E-state index in [1.165, 1.54) is 6.92 Å². The maximum atomic E-state index is 11.5. The van der Waals surface area contributed by atoms with Gasteiger partial charge in [-0.3, -0.25) is 4.79 Å². The molecule has 88 valence electrons. The van der Waals surface area contributed by atoms with Gasteiger partial charge in [0.05, 0.1) is 6.04 Å². The zero-order valence-electron chi connectivity index (χ0n) is 9.59. The van der Waals surface area contributed by atoms with Crippen molar-refractivity contribution in [2.24, 2.45) is 0 Å². The number of Topliss-reactive ketones (excluding diaryl/α,β-unsaturated/α-hetero) is 1. The Hall–Kier alpha value is -1.68. The molecule has 0 fully saturated rings. The molecule has 1 aromatic heterocycles.